The van der Waals surface area contributed by atoms with Crippen molar-refractivity contribution in [1.82, 2.24) is 9.78 Å². The minimum Gasteiger partial charge on any atom is -0.494 e. The quantitative estimate of drug-likeness (QED) is 0.829. The molecule has 0 unspecified atom stereocenters. The lowest BCUT2D eigenvalue weighted by Crippen LogP contribution is -2.17. The lowest BCUT2D eigenvalue weighted by molar-refractivity contribution is 0.102. The molecule has 0 bridgehead atoms. The van der Waals surface area contributed by atoms with Gasteiger partial charge in [0.15, 0.2) is 15.5 Å². The van der Waals surface area contributed by atoms with Crippen LogP contribution in [0.2, 0.25) is 0 Å². The van der Waals surface area contributed by atoms with Crippen LogP contribution in [0.3, 0.4) is 0 Å². The first-order valence-corrected chi connectivity index (χ1v) is 11.6. The molecule has 1 aromatic carbocycles. The van der Waals surface area contributed by atoms with E-state index in [9.17, 15) is 13.2 Å². The third-order valence-electron chi connectivity index (χ3n) is 5.40. The SMILES string of the molecule is CCOc1ccc(NC(=O)c2nn([C@H]3CCS(=O)(=O)C3)c3c2CCCC3)cc1. The van der Waals surface area contributed by atoms with Gasteiger partial charge in [-0.15, -0.1) is 0 Å². The molecule has 7 nitrogen and oxygen atoms in total. The lowest BCUT2D eigenvalue weighted by atomic mass is 9.95. The minimum absolute atomic E-state index is 0.112. The van der Waals surface area contributed by atoms with Gasteiger partial charge in [0.05, 0.1) is 24.2 Å². The number of hydrogen-bond acceptors (Lipinski definition) is 5. The van der Waals surface area contributed by atoms with Crippen molar-refractivity contribution < 1.29 is 17.9 Å². The Kier molecular flexibility index (Phi) is 5.14. The average molecular weight is 404 g/mol. The molecule has 1 atom stereocenters. The molecule has 0 radical (unpaired) electrons. The summed E-state index contributed by atoms with van der Waals surface area (Å²) in [5.74, 6) is 0.813. The van der Waals surface area contributed by atoms with Gasteiger partial charge < -0.3 is 10.1 Å². The Bertz CT molecular complexity index is 980. The van der Waals surface area contributed by atoms with Gasteiger partial charge in [0.1, 0.15) is 5.75 Å². The van der Waals surface area contributed by atoms with Crippen molar-refractivity contribution >= 4 is 21.4 Å². The predicted octanol–water partition coefficient (Wildman–Crippen LogP) is 2.77. The second-order valence-electron chi connectivity index (χ2n) is 7.39. The number of nitrogens with zero attached hydrogens (tertiary/aromatic N) is 2. The zero-order chi connectivity index (χ0) is 19.7. The highest BCUT2D eigenvalue weighted by Crippen LogP contribution is 2.31. The molecule has 2 aromatic rings. The van der Waals surface area contributed by atoms with Crippen molar-refractivity contribution in [3.05, 3.63) is 41.2 Å². The molecule has 0 spiro atoms. The second-order valence-corrected chi connectivity index (χ2v) is 9.62. The van der Waals surface area contributed by atoms with E-state index in [-0.39, 0.29) is 23.5 Å². The van der Waals surface area contributed by atoms with Gasteiger partial charge in [-0.1, -0.05) is 0 Å². The Morgan fingerprint density at radius 1 is 1.25 bits per heavy atom. The molecule has 1 N–H and O–H groups in total. The van der Waals surface area contributed by atoms with Gasteiger partial charge in [-0.25, -0.2) is 8.42 Å². The first-order chi connectivity index (χ1) is 13.5. The van der Waals surface area contributed by atoms with Crippen LogP contribution in [0.25, 0.3) is 0 Å². The van der Waals surface area contributed by atoms with E-state index in [1.807, 2.05) is 23.7 Å². The molecule has 1 aromatic heterocycles. The van der Waals surface area contributed by atoms with E-state index >= 15 is 0 Å². The number of sulfone groups is 1. The predicted molar refractivity (Wildman–Crippen MR) is 107 cm³/mol. The second kappa shape index (κ2) is 7.58. The van der Waals surface area contributed by atoms with Crippen molar-refractivity contribution in [3.8, 4) is 5.75 Å². The van der Waals surface area contributed by atoms with Gasteiger partial charge in [-0.3, -0.25) is 9.48 Å². The number of carbonyl (C=O) groups is 1. The molecule has 1 aliphatic heterocycles. The Morgan fingerprint density at radius 2 is 2.00 bits per heavy atom. The van der Waals surface area contributed by atoms with E-state index in [0.29, 0.717) is 24.4 Å². The van der Waals surface area contributed by atoms with Crippen LogP contribution >= 0.6 is 0 Å². The van der Waals surface area contributed by atoms with Crippen LogP contribution in [0.4, 0.5) is 5.69 Å². The van der Waals surface area contributed by atoms with Crippen LogP contribution in [0.5, 0.6) is 5.75 Å². The van der Waals surface area contributed by atoms with Gasteiger partial charge in [0.25, 0.3) is 5.91 Å². The molecule has 1 fully saturated rings. The van der Waals surface area contributed by atoms with E-state index in [1.54, 1.807) is 12.1 Å². The van der Waals surface area contributed by atoms with E-state index < -0.39 is 9.84 Å². The molecule has 8 heteroatoms. The number of amides is 1. The standard InChI is InChI=1S/C20H25N3O4S/c1-2-27-16-9-7-14(8-10-16)21-20(24)19-17-5-3-4-6-18(17)23(22-19)15-11-12-28(25,26)13-15/h7-10,15H,2-6,11-13H2,1H3,(H,21,24)/t15-/m0/s1. The van der Waals surface area contributed by atoms with Gasteiger partial charge in [0.2, 0.25) is 0 Å². The molecule has 28 heavy (non-hydrogen) atoms. The molecule has 150 valence electrons. The largest absolute Gasteiger partial charge is 0.494 e. The zero-order valence-corrected chi connectivity index (χ0v) is 16.8. The maximum atomic E-state index is 12.9. The van der Waals surface area contributed by atoms with Crippen LogP contribution in [-0.2, 0) is 22.7 Å². The highest BCUT2D eigenvalue weighted by molar-refractivity contribution is 7.91. The summed E-state index contributed by atoms with van der Waals surface area (Å²) in [6.45, 7) is 2.51. The number of aromatic nitrogens is 2. The van der Waals surface area contributed by atoms with E-state index in [2.05, 4.69) is 10.4 Å². The summed E-state index contributed by atoms with van der Waals surface area (Å²) in [7, 11) is -3.01. The minimum atomic E-state index is -3.01. The lowest BCUT2D eigenvalue weighted by Gasteiger charge is -2.17. The van der Waals surface area contributed by atoms with E-state index in [4.69, 9.17) is 4.74 Å². The van der Waals surface area contributed by atoms with Crippen LogP contribution < -0.4 is 10.1 Å². The first kappa shape index (κ1) is 19.0. The average Bonchev–Trinajstić information content (AvgIpc) is 3.23. The van der Waals surface area contributed by atoms with E-state index in [0.717, 1.165) is 42.7 Å². The maximum Gasteiger partial charge on any atom is 0.276 e. The molecule has 2 heterocycles. The van der Waals surface area contributed by atoms with Crippen molar-refractivity contribution in [2.75, 3.05) is 23.4 Å². The normalized spacial score (nSPS) is 20.5. The summed E-state index contributed by atoms with van der Waals surface area (Å²) < 4.78 is 31.1. The number of anilines is 1. The highest BCUT2D eigenvalue weighted by atomic mass is 32.2. The van der Waals surface area contributed by atoms with Crippen LogP contribution in [0.15, 0.2) is 24.3 Å². The zero-order valence-electron chi connectivity index (χ0n) is 16.0. The summed E-state index contributed by atoms with van der Waals surface area (Å²) in [6, 6.07) is 7.07. The van der Waals surface area contributed by atoms with Crippen molar-refractivity contribution in [2.24, 2.45) is 0 Å². The smallest absolute Gasteiger partial charge is 0.276 e. The fourth-order valence-electron chi connectivity index (χ4n) is 4.07. The van der Waals surface area contributed by atoms with Gasteiger partial charge >= 0.3 is 0 Å². The fourth-order valence-corrected chi connectivity index (χ4v) is 5.76. The highest BCUT2D eigenvalue weighted by Gasteiger charge is 2.34. The van der Waals surface area contributed by atoms with Gasteiger partial charge in [-0.05, 0) is 63.3 Å². The molecule has 0 saturated carbocycles. The Hall–Kier alpha value is -2.35. The van der Waals surface area contributed by atoms with Gasteiger partial charge in [0, 0.05) is 16.9 Å². The van der Waals surface area contributed by atoms with Crippen LogP contribution in [-0.4, -0.2) is 42.2 Å². The molecular formula is C20H25N3O4S. The molecule has 1 saturated heterocycles. The fraction of sp³-hybridized carbons (Fsp3) is 0.500. The van der Waals surface area contributed by atoms with Crippen molar-refractivity contribution in [2.45, 2.75) is 45.1 Å². The number of ether oxygens (including phenoxy) is 1. The molecule has 1 aliphatic carbocycles. The van der Waals surface area contributed by atoms with Crippen molar-refractivity contribution in [1.29, 1.82) is 0 Å². The van der Waals surface area contributed by atoms with Crippen molar-refractivity contribution in [3.63, 3.8) is 0 Å². The van der Waals surface area contributed by atoms with Crippen LogP contribution in [0, 0.1) is 0 Å². The summed E-state index contributed by atoms with van der Waals surface area (Å²) in [5, 5.41) is 7.51. The number of fused-ring (bicyclic) bond motifs is 1. The topological polar surface area (TPSA) is 90.3 Å². The van der Waals surface area contributed by atoms with Gasteiger partial charge in [-0.2, -0.15) is 5.10 Å². The van der Waals surface area contributed by atoms with Crippen LogP contribution in [0.1, 0.15) is 54.0 Å². The summed E-state index contributed by atoms with van der Waals surface area (Å²) >= 11 is 0. The number of carbonyl (C=O) groups excluding carboxylic acids is 1. The monoisotopic (exact) mass is 403 g/mol. The third kappa shape index (κ3) is 3.78. The molecule has 2 aliphatic rings. The number of nitrogens with one attached hydrogen (secondary N) is 1. The maximum absolute atomic E-state index is 12.9. The Morgan fingerprint density at radius 3 is 2.68 bits per heavy atom. The Labute approximate surface area is 165 Å². The molecular weight excluding hydrogens is 378 g/mol. The summed E-state index contributed by atoms with van der Waals surface area (Å²) in [6.07, 6.45) is 4.27. The Balaban J connectivity index is 1.59. The number of hydrogen-bond donors (Lipinski definition) is 1. The third-order valence-corrected chi connectivity index (χ3v) is 7.15. The molecule has 4 rings (SSSR count). The first-order valence-electron chi connectivity index (χ1n) is 9.82. The number of benzene rings is 1. The number of rotatable bonds is 5. The summed E-state index contributed by atoms with van der Waals surface area (Å²) in [5.41, 5.74) is 3.10. The summed E-state index contributed by atoms with van der Waals surface area (Å²) in [4.78, 5) is 12.9. The van der Waals surface area contributed by atoms with E-state index in [1.165, 1.54) is 0 Å². The molecule has 1 amide bonds.